The first-order chi connectivity index (χ1) is 15.4. The molecule has 2 aromatic carbocycles. The highest BCUT2D eigenvalue weighted by atomic mass is 35.5. The number of aromatic nitrogens is 3. The molecule has 1 fully saturated rings. The summed E-state index contributed by atoms with van der Waals surface area (Å²) >= 11 is 7.56. The van der Waals surface area contributed by atoms with Crippen molar-refractivity contribution in [2.45, 2.75) is 31.0 Å². The zero-order valence-corrected chi connectivity index (χ0v) is 19.5. The maximum Gasteiger partial charge on any atom is 0.255 e. The van der Waals surface area contributed by atoms with Crippen molar-refractivity contribution >= 4 is 40.9 Å². The number of carbonyl (C=O) groups is 2. The van der Waals surface area contributed by atoms with Crippen LogP contribution in [0.2, 0.25) is 5.02 Å². The second-order valence-electron chi connectivity index (χ2n) is 7.74. The fourth-order valence-corrected chi connectivity index (χ4v) is 4.71. The monoisotopic (exact) mass is 469 g/mol. The number of thioether (sulfide) groups is 1. The number of hydrogen-bond acceptors (Lipinski definition) is 5. The summed E-state index contributed by atoms with van der Waals surface area (Å²) in [4.78, 5) is 27.2. The van der Waals surface area contributed by atoms with Crippen molar-refractivity contribution in [1.82, 2.24) is 19.7 Å². The van der Waals surface area contributed by atoms with Gasteiger partial charge in [0.1, 0.15) is 0 Å². The van der Waals surface area contributed by atoms with Gasteiger partial charge in [-0.1, -0.05) is 53.2 Å². The minimum absolute atomic E-state index is 0.104. The smallest absolute Gasteiger partial charge is 0.255 e. The third-order valence-corrected chi connectivity index (χ3v) is 6.80. The number of aryl methyl sites for hydroxylation is 1. The number of anilines is 1. The highest BCUT2D eigenvalue weighted by Crippen LogP contribution is 2.34. The van der Waals surface area contributed by atoms with Crippen LogP contribution in [0.1, 0.15) is 40.6 Å². The predicted molar refractivity (Wildman–Crippen MR) is 126 cm³/mol. The molecule has 1 aliphatic rings. The number of amides is 2. The van der Waals surface area contributed by atoms with E-state index in [1.54, 1.807) is 12.1 Å². The minimum atomic E-state index is -0.174. The Balaban J connectivity index is 1.42. The molecular formula is C23H24ClN5O2S. The van der Waals surface area contributed by atoms with E-state index < -0.39 is 0 Å². The van der Waals surface area contributed by atoms with Crippen LogP contribution in [0.5, 0.6) is 0 Å². The molecule has 0 aliphatic carbocycles. The van der Waals surface area contributed by atoms with Gasteiger partial charge in [0.05, 0.1) is 22.4 Å². The first-order valence-electron chi connectivity index (χ1n) is 10.4. The predicted octanol–water partition coefficient (Wildman–Crippen LogP) is 4.49. The first-order valence-corrected chi connectivity index (χ1v) is 11.7. The second-order valence-corrected chi connectivity index (χ2v) is 9.09. The molecule has 1 unspecified atom stereocenters. The van der Waals surface area contributed by atoms with Crippen molar-refractivity contribution < 1.29 is 9.59 Å². The van der Waals surface area contributed by atoms with Gasteiger partial charge in [-0.15, -0.1) is 10.2 Å². The largest absolute Gasteiger partial charge is 0.328 e. The Morgan fingerprint density at radius 3 is 2.66 bits per heavy atom. The Kier molecular flexibility index (Phi) is 6.81. The van der Waals surface area contributed by atoms with E-state index in [1.165, 1.54) is 11.8 Å². The maximum absolute atomic E-state index is 13.1. The third kappa shape index (κ3) is 4.81. The molecule has 9 heteroatoms. The molecule has 32 heavy (non-hydrogen) atoms. The van der Waals surface area contributed by atoms with E-state index >= 15 is 0 Å². The summed E-state index contributed by atoms with van der Waals surface area (Å²) < 4.78 is 1.87. The highest BCUT2D eigenvalue weighted by molar-refractivity contribution is 7.99. The van der Waals surface area contributed by atoms with Gasteiger partial charge in [-0.3, -0.25) is 9.59 Å². The van der Waals surface area contributed by atoms with Crippen LogP contribution in [0.25, 0.3) is 0 Å². The molecule has 2 heterocycles. The molecule has 7 nitrogen and oxygen atoms in total. The fraction of sp³-hybridized carbons (Fsp3) is 0.304. The third-order valence-electron chi connectivity index (χ3n) is 5.45. The van der Waals surface area contributed by atoms with E-state index in [9.17, 15) is 9.59 Å². The summed E-state index contributed by atoms with van der Waals surface area (Å²) in [6.07, 6.45) is 1.69. The van der Waals surface area contributed by atoms with Gasteiger partial charge < -0.3 is 14.8 Å². The molecule has 1 saturated heterocycles. The van der Waals surface area contributed by atoms with Crippen molar-refractivity contribution in [2.75, 3.05) is 17.6 Å². The van der Waals surface area contributed by atoms with E-state index in [4.69, 9.17) is 11.6 Å². The van der Waals surface area contributed by atoms with Crippen LogP contribution in [0.4, 0.5) is 5.69 Å². The van der Waals surface area contributed by atoms with E-state index in [-0.39, 0.29) is 23.6 Å². The van der Waals surface area contributed by atoms with Crippen molar-refractivity contribution in [2.24, 2.45) is 7.05 Å². The summed E-state index contributed by atoms with van der Waals surface area (Å²) in [6.45, 7) is 2.64. The number of benzene rings is 2. The molecule has 1 atom stereocenters. The number of carbonyl (C=O) groups excluding carboxylic acids is 2. The fourth-order valence-electron chi connectivity index (χ4n) is 3.77. The minimum Gasteiger partial charge on any atom is -0.328 e. The molecule has 0 bridgehead atoms. The Morgan fingerprint density at radius 1 is 1.16 bits per heavy atom. The number of likely N-dealkylation sites (tertiary alicyclic amines) is 1. The topological polar surface area (TPSA) is 80.1 Å². The van der Waals surface area contributed by atoms with E-state index in [2.05, 4.69) is 15.5 Å². The van der Waals surface area contributed by atoms with Crippen LogP contribution >= 0.6 is 23.4 Å². The molecule has 0 spiro atoms. The number of halogens is 1. The Labute approximate surface area is 196 Å². The quantitative estimate of drug-likeness (QED) is 0.538. The van der Waals surface area contributed by atoms with Gasteiger partial charge in [0.2, 0.25) is 5.91 Å². The SMILES string of the molecule is Cc1ccc(NC(=O)CSc2nnc(C3CCCN3C(=O)c3ccccc3Cl)n2C)cc1. The van der Waals surface area contributed by atoms with E-state index in [0.717, 1.165) is 24.1 Å². The van der Waals surface area contributed by atoms with Gasteiger partial charge in [-0.2, -0.15) is 0 Å². The van der Waals surface area contributed by atoms with Gasteiger partial charge in [0, 0.05) is 19.3 Å². The van der Waals surface area contributed by atoms with Gasteiger partial charge in [0.25, 0.3) is 5.91 Å². The van der Waals surface area contributed by atoms with E-state index in [1.807, 2.05) is 59.8 Å². The molecule has 4 rings (SSSR count). The lowest BCUT2D eigenvalue weighted by Crippen LogP contribution is -2.32. The average Bonchev–Trinajstić information content (AvgIpc) is 3.40. The first kappa shape index (κ1) is 22.4. The Hall–Kier alpha value is -2.84. The van der Waals surface area contributed by atoms with Gasteiger partial charge in [0.15, 0.2) is 11.0 Å². The lowest BCUT2D eigenvalue weighted by Gasteiger charge is -2.24. The summed E-state index contributed by atoms with van der Waals surface area (Å²) in [7, 11) is 1.87. The normalized spacial score (nSPS) is 15.7. The molecule has 0 radical (unpaired) electrons. The Morgan fingerprint density at radius 2 is 1.91 bits per heavy atom. The van der Waals surface area contributed by atoms with Crippen molar-refractivity contribution in [1.29, 1.82) is 0 Å². The second kappa shape index (κ2) is 9.75. The molecule has 1 N–H and O–H groups in total. The average molecular weight is 470 g/mol. The van der Waals surface area contributed by atoms with Crippen LogP contribution in [0, 0.1) is 6.92 Å². The highest BCUT2D eigenvalue weighted by Gasteiger charge is 2.34. The van der Waals surface area contributed by atoms with Gasteiger partial charge in [-0.05, 0) is 44.0 Å². The molecule has 166 valence electrons. The van der Waals surface area contributed by atoms with Gasteiger partial charge in [-0.25, -0.2) is 0 Å². The van der Waals surface area contributed by atoms with Crippen LogP contribution in [-0.2, 0) is 11.8 Å². The van der Waals surface area contributed by atoms with Crippen molar-refractivity contribution in [3.05, 3.63) is 70.5 Å². The lowest BCUT2D eigenvalue weighted by atomic mass is 10.1. The zero-order valence-electron chi connectivity index (χ0n) is 17.9. The summed E-state index contributed by atoms with van der Waals surface area (Å²) in [5.41, 5.74) is 2.39. The van der Waals surface area contributed by atoms with E-state index in [0.29, 0.717) is 28.1 Å². The zero-order chi connectivity index (χ0) is 22.7. The molecule has 0 saturated carbocycles. The Bertz CT molecular complexity index is 1130. The number of nitrogens with one attached hydrogen (secondary N) is 1. The molecule has 1 aliphatic heterocycles. The number of hydrogen-bond donors (Lipinski definition) is 1. The lowest BCUT2D eigenvalue weighted by molar-refractivity contribution is -0.113. The maximum atomic E-state index is 13.1. The molecule has 3 aromatic rings. The number of rotatable bonds is 6. The van der Waals surface area contributed by atoms with Crippen LogP contribution in [0.15, 0.2) is 53.7 Å². The van der Waals surface area contributed by atoms with Crippen LogP contribution in [-0.4, -0.2) is 43.8 Å². The molecule has 2 amide bonds. The van der Waals surface area contributed by atoms with Crippen molar-refractivity contribution in [3.8, 4) is 0 Å². The van der Waals surface area contributed by atoms with Crippen LogP contribution in [0.3, 0.4) is 0 Å². The molecule has 1 aromatic heterocycles. The standard InChI is InChI=1S/C23H24ClN5O2S/c1-15-9-11-16(12-10-15)25-20(30)14-32-23-27-26-21(28(23)2)19-8-5-13-29(19)22(31)17-6-3-4-7-18(17)24/h3-4,6-7,9-12,19H,5,8,13-14H2,1-2H3,(H,25,30). The van der Waals surface area contributed by atoms with Crippen molar-refractivity contribution in [3.63, 3.8) is 0 Å². The summed E-state index contributed by atoms with van der Waals surface area (Å²) in [6, 6.07) is 14.6. The van der Waals surface area contributed by atoms with Crippen LogP contribution < -0.4 is 5.32 Å². The number of nitrogens with zero attached hydrogens (tertiary/aromatic N) is 4. The summed E-state index contributed by atoms with van der Waals surface area (Å²) in [5.74, 6) is 0.712. The summed E-state index contributed by atoms with van der Waals surface area (Å²) in [5, 5.41) is 12.6. The van der Waals surface area contributed by atoms with Gasteiger partial charge >= 0.3 is 0 Å². The molecular weight excluding hydrogens is 446 g/mol.